The van der Waals surface area contributed by atoms with E-state index < -0.39 is 11.9 Å². The third kappa shape index (κ3) is 5.93. The number of carbonyl (C=O) groups excluding carboxylic acids is 2. The molecule has 0 aromatic heterocycles. The molecule has 0 aliphatic carbocycles. The molecule has 1 rings (SSSR count). The van der Waals surface area contributed by atoms with Gasteiger partial charge in [0.15, 0.2) is 5.11 Å². The smallest absolute Gasteiger partial charge is 0.330 e. The monoisotopic (exact) mass is 326 g/mol. The van der Waals surface area contributed by atoms with Gasteiger partial charge >= 0.3 is 5.97 Å². The summed E-state index contributed by atoms with van der Waals surface area (Å²) in [6.07, 6.45) is 2.09. The molecule has 0 spiro atoms. The second-order valence-corrected chi connectivity index (χ2v) is 4.76. The third-order valence-corrected chi connectivity index (χ3v) is 3.02. The summed E-state index contributed by atoms with van der Waals surface area (Å²) in [5, 5.41) is 5.98. The number of rotatable bonds is 4. The van der Waals surface area contributed by atoms with Crippen LogP contribution in [0.2, 0.25) is 5.02 Å². The standard InChI is InChI=1S/C14H15ClN2O3S/c1-3-20-13(19)8-7-12(18)17-14(21)16-11-6-4-5-10(15)9(11)2/h4-8H,3H2,1-2H3,(H2,16,17,18,21). The fourth-order valence-electron chi connectivity index (χ4n) is 1.38. The van der Waals surface area contributed by atoms with Gasteiger partial charge in [-0.2, -0.15) is 0 Å². The number of halogens is 1. The average Bonchev–Trinajstić information content (AvgIpc) is 2.42. The average molecular weight is 327 g/mol. The van der Waals surface area contributed by atoms with Crippen LogP contribution in [0.15, 0.2) is 30.4 Å². The molecule has 0 aliphatic heterocycles. The van der Waals surface area contributed by atoms with Crippen LogP contribution in [0.25, 0.3) is 0 Å². The molecular weight excluding hydrogens is 312 g/mol. The highest BCUT2D eigenvalue weighted by atomic mass is 35.5. The summed E-state index contributed by atoms with van der Waals surface area (Å²) >= 11 is 11.0. The van der Waals surface area contributed by atoms with Gasteiger partial charge in [0, 0.05) is 22.9 Å². The fraction of sp³-hybridized carbons (Fsp3) is 0.214. The Morgan fingerprint density at radius 2 is 2.10 bits per heavy atom. The molecule has 0 atom stereocenters. The zero-order chi connectivity index (χ0) is 15.8. The van der Waals surface area contributed by atoms with Crippen molar-refractivity contribution in [3.8, 4) is 0 Å². The highest BCUT2D eigenvalue weighted by molar-refractivity contribution is 7.80. The number of hydrogen-bond donors (Lipinski definition) is 2. The summed E-state index contributed by atoms with van der Waals surface area (Å²) in [4.78, 5) is 22.6. The van der Waals surface area contributed by atoms with Crippen molar-refractivity contribution in [1.82, 2.24) is 5.32 Å². The minimum Gasteiger partial charge on any atom is -0.463 e. The zero-order valence-corrected chi connectivity index (χ0v) is 13.2. The van der Waals surface area contributed by atoms with E-state index in [2.05, 4.69) is 15.4 Å². The van der Waals surface area contributed by atoms with Gasteiger partial charge in [0.1, 0.15) is 0 Å². The molecule has 1 amide bonds. The molecule has 1 aromatic rings. The Morgan fingerprint density at radius 3 is 2.76 bits per heavy atom. The first-order chi connectivity index (χ1) is 9.93. The van der Waals surface area contributed by atoms with Crippen LogP contribution in [-0.2, 0) is 14.3 Å². The first-order valence-electron chi connectivity index (χ1n) is 6.16. The van der Waals surface area contributed by atoms with Crippen molar-refractivity contribution in [2.24, 2.45) is 0 Å². The molecule has 0 bridgehead atoms. The van der Waals surface area contributed by atoms with Crippen molar-refractivity contribution in [1.29, 1.82) is 0 Å². The summed E-state index contributed by atoms with van der Waals surface area (Å²) in [6, 6.07) is 5.31. The molecule has 0 aliphatic rings. The number of thiocarbonyl (C=S) groups is 1. The first kappa shape index (κ1) is 17.1. The summed E-state index contributed by atoms with van der Waals surface area (Å²) in [6.45, 7) is 3.76. The highest BCUT2D eigenvalue weighted by Crippen LogP contribution is 2.22. The molecule has 0 saturated heterocycles. The van der Waals surface area contributed by atoms with Crippen LogP contribution < -0.4 is 10.6 Å². The Hall–Kier alpha value is -1.92. The maximum Gasteiger partial charge on any atom is 0.330 e. The van der Waals surface area contributed by atoms with Gasteiger partial charge in [0.25, 0.3) is 0 Å². The number of ether oxygens (including phenoxy) is 1. The fourth-order valence-corrected chi connectivity index (χ4v) is 1.77. The lowest BCUT2D eigenvalue weighted by Crippen LogP contribution is -2.33. The van der Waals surface area contributed by atoms with Gasteiger partial charge in [-0.1, -0.05) is 17.7 Å². The quantitative estimate of drug-likeness (QED) is 0.506. The molecule has 0 radical (unpaired) electrons. The SMILES string of the molecule is CCOC(=O)C=CC(=O)NC(=S)Nc1cccc(Cl)c1C. The van der Waals surface area contributed by atoms with Gasteiger partial charge in [-0.25, -0.2) is 4.79 Å². The zero-order valence-electron chi connectivity index (χ0n) is 11.6. The van der Waals surface area contributed by atoms with Crippen LogP contribution in [-0.4, -0.2) is 23.6 Å². The Balaban J connectivity index is 2.56. The number of nitrogens with one attached hydrogen (secondary N) is 2. The maximum atomic E-state index is 11.5. The topological polar surface area (TPSA) is 67.4 Å². The van der Waals surface area contributed by atoms with Gasteiger partial charge in [0.2, 0.25) is 5.91 Å². The van der Waals surface area contributed by atoms with E-state index in [0.717, 1.165) is 17.7 Å². The molecule has 21 heavy (non-hydrogen) atoms. The Labute approximate surface area is 133 Å². The molecule has 0 unspecified atom stereocenters. The van der Waals surface area contributed by atoms with Crippen molar-refractivity contribution in [3.63, 3.8) is 0 Å². The molecule has 7 heteroatoms. The van der Waals surface area contributed by atoms with E-state index in [1.54, 1.807) is 25.1 Å². The van der Waals surface area contributed by atoms with Crippen LogP contribution >= 0.6 is 23.8 Å². The number of esters is 1. The number of carbonyl (C=O) groups is 2. The van der Waals surface area contributed by atoms with Gasteiger partial charge in [0.05, 0.1) is 6.61 Å². The lowest BCUT2D eigenvalue weighted by Gasteiger charge is -2.11. The van der Waals surface area contributed by atoms with Gasteiger partial charge < -0.3 is 10.1 Å². The van der Waals surface area contributed by atoms with Crippen molar-refractivity contribution >= 4 is 46.5 Å². The van der Waals surface area contributed by atoms with E-state index in [9.17, 15) is 9.59 Å². The summed E-state index contributed by atoms with van der Waals surface area (Å²) in [7, 11) is 0. The van der Waals surface area contributed by atoms with Crippen LogP contribution in [0.3, 0.4) is 0 Å². The summed E-state index contributed by atoms with van der Waals surface area (Å²) in [5.41, 5.74) is 1.51. The molecule has 0 fully saturated rings. The predicted molar refractivity (Wildman–Crippen MR) is 86.3 cm³/mol. The van der Waals surface area contributed by atoms with E-state index in [0.29, 0.717) is 10.7 Å². The van der Waals surface area contributed by atoms with E-state index in [1.165, 1.54) is 0 Å². The van der Waals surface area contributed by atoms with Gasteiger partial charge in [-0.05, 0) is 43.8 Å². The van der Waals surface area contributed by atoms with Crippen molar-refractivity contribution in [3.05, 3.63) is 40.9 Å². The molecule has 5 nitrogen and oxygen atoms in total. The summed E-state index contributed by atoms with van der Waals surface area (Å²) < 4.78 is 4.65. The van der Waals surface area contributed by atoms with E-state index in [-0.39, 0.29) is 11.7 Å². The lowest BCUT2D eigenvalue weighted by atomic mass is 10.2. The molecule has 2 N–H and O–H groups in total. The van der Waals surface area contributed by atoms with Crippen molar-refractivity contribution < 1.29 is 14.3 Å². The van der Waals surface area contributed by atoms with E-state index in [4.69, 9.17) is 23.8 Å². The lowest BCUT2D eigenvalue weighted by molar-refractivity contribution is -0.137. The molecule has 0 saturated carbocycles. The van der Waals surface area contributed by atoms with Crippen molar-refractivity contribution in [2.45, 2.75) is 13.8 Å². The number of amides is 1. The Kier molecular flexibility index (Phi) is 6.84. The second-order valence-electron chi connectivity index (χ2n) is 3.94. The minimum atomic E-state index is -0.586. The van der Waals surface area contributed by atoms with E-state index >= 15 is 0 Å². The largest absolute Gasteiger partial charge is 0.463 e. The van der Waals surface area contributed by atoms with Crippen LogP contribution in [0.4, 0.5) is 5.69 Å². The molecule has 0 heterocycles. The van der Waals surface area contributed by atoms with Crippen LogP contribution in [0.5, 0.6) is 0 Å². The van der Waals surface area contributed by atoms with Crippen molar-refractivity contribution in [2.75, 3.05) is 11.9 Å². The van der Waals surface area contributed by atoms with Crippen LogP contribution in [0, 0.1) is 6.92 Å². The predicted octanol–water partition coefficient (Wildman–Crippen LogP) is 2.58. The maximum absolute atomic E-state index is 11.5. The minimum absolute atomic E-state index is 0.110. The number of benzene rings is 1. The normalized spacial score (nSPS) is 10.2. The van der Waals surface area contributed by atoms with E-state index in [1.807, 2.05) is 6.92 Å². The van der Waals surface area contributed by atoms with Gasteiger partial charge in [-0.3, -0.25) is 10.1 Å². The highest BCUT2D eigenvalue weighted by Gasteiger charge is 2.06. The second kappa shape index (κ2) is 8.39. The Bertz CT molecular complexity index is 588. The summed E-state index contributed by atoms with van der Waals surface area (Å²) in [5.74, 6) is -1.11. The van der Waals surface area contributed by atoms with Gasteiger partial charge in [-0.15, -0.1) is 0 Å². The number of hydrogen-bond acceptors (Lipinski definition) is 4. The molecule has 1 aromatic carbocycles. The third-order valence-electron chi connectivity index (χ3n) is 2.41. The Morgan fingerprint density at radius 1 is 1.38 bits per heavy atom. The van der Waals surface area contributed by atoms with Crippen LogP contribution in [0.1, 0.15) is 12.5 Å². The molecule has 112 valence electrons. The molecular formula is C14H15ClN2O3S. The first-order valence-corrected chi connectivity index (χ1v) is 6.94. The number of anilines is 1.